The fourth-order valence-electron chi connectivity index (χ4n) is 3.93. The van der Waals surface area contributed by atoms with Gasteiger partial charge in [0.2, 0.25) is 11.8 Å². The molecular weight excluding hydrogens is 488 g/mol. The fourth-order valence-corrected chi connectivity index (χ4v) is 4.92. The minimum absolute atomic E-state index is 0.0624. The topological polar surface area (TPSA) is 49.4 Å². The molecule has 6 heteroatoms. The molecule has 3 aromatic rings. The van der Waals surface area contributed by atoms with Crippen LogP contribution >= 0.6 is 23.4 Å². The van der Waals surface area contributed by atoms with Gasteiger partial charge in [0.05, 0.1) is 5.75 Å². The van der Waals surface area contributed by atoms with Crippen LogP contribution in [-0.2, 0) is 28.3 Å². The van der Waals surface area contributed by atoms with Gasteiger partial charge < -0.3 is 10.2 Å². The number of nitrogens with one attached hydrogen (secondary N) is 1. The Morgan fingerprint density at radius 1 is 0.917 bits per heavy atom. The summed E-state index contributed by atoms with van der Waals surface area (Å²) in [6.07, 6.45) is 0.435. The molecule has 3 rings (SSSR count). The van der Waals surface area contributed by atoms with E-state index in [1.54, 1.807) is 16.7 Å². The van der Waals surface area contributed by atoms with Crippen molar-refractivity contribution in [3.63, 3.8) is 0 Å². The van der Waals surface area contributed by atoms with Crippen LogP contribution in [-0.4, -0.2) is 34.0 Å². The van der Waals surface area contributed by atoms with E-state index >= 15 is 0 Å². The maximum Gasteiger partial charge on any atom is 0.243 e. The van der Waals surface area contributed by atoms with Crippen LogP contribution in [0.25, 0.3) is 0 Å². The minimum atomic E-state index is -0.644. The molecule has 1 atom stereocenters. The van der Waals surface area contributed by atoms with Gasteiger partial charge in [-0.05, 0) is 56.5 Å². The van der Waals surface area contributed by atoms with Crippen LogP contribution in [0, 0.1) is 6.92 Å². The van der Waals surface area contributed by atoms with Crippen molar-refractivity contribution in [3.05, 3.63) is 106 Å². The first-order valence-corrected chi connectivity index (χ1v) is 13.7. The van der Waals surface area contributed by atoms with Gasteiger partial charge in [-0.3, -0.25) is 9.59 Å². The van der Waals surface area contributed by atoms with Crippen LogP contribution in [0.1, 0.15) is 43.0 Å². The summed E-state index contributed by atoms with van der Waals surface area (Å²) in [7, 11) is 0. The van der Waals surface area contributed by atoms with Crippen LogP contribution in [0.3, 0.4) is 0 Å². The lowest BCUT2D eigenvalue weighted by atomic mass is 10.0. The summed E-state index contributed by atoms with van der Waals surface area (Å²) < 4.78 is 0. The molecule has 0 heterocycles. The van der Waals surface area contributed by atoms with Gasteiger partial charge in [-0.15, -0.1) is 11.8 Å². The van der Waals surface area contributed by atoms with Crippen LogP contribution in [0.4, 0.5) is 0 Å². The molecule has 0 bridgehead atoms. The minimum Gasteiger partial charge on any atom is -0.350 e. The number of nitrogens with zero attached hydrogens (tertiary/aromatic N) is 1. The lowest BCUT2D eigenvalue weighted by Gasteiger charge is -2.34. The molecule has 190 valence electrons. The number of aryl methyl sites for hydroxylation is 1. The summed E-state index contributed by atoms with van der Waals surface area (Å²) in [4.78, 5) is 28.9. The third-order valence-corrected chi connectivity index (χ3v) is 6.85. The van der Waals surface area contributed by atoms with Gasteiger partial charge >= 0.3 is 0 Å². The number of hydrogen-bond donors (Lipinski definition) is 1. The van der Waals surface area contributed by atoms with E-state index in [2.05, 4.69) is 30.4 Å². The van der Waals surface area contributed by atoms with Gasteiger partial charge in [0.15, 0.2) is 0 Å². The zero-order chi connectivity index (χ0) is 26.1. The Hall–Kier alpha value is -2.76. The maximum atomic E-state index is 13.7. The van der Waals surface area contributed by atoms with Crippen molar-refractivity contribution in [2.75, 3.05) is 5.75 Å². The van der Waals surface area contributed by atoms with E-state index in [-0.39, 0.29) is 17.6 Å². The Morgan fingerprint density at radius 3 is 2.22 bits per heavy atom. The number of carbonyl (C=O) groups is 2. The second-order valence-electron chi connectivity index (χ2n) is 10.1. The van der Waals surface area contributed by atoms with E-state index in [4.69, 9.17) is 11.6 Å². The molecule has 3 aromatic carbocycles. The quantitative estimate of drug-likeness (QED) is 0.333. The Bertz CT molecular complexity index is 1140. The lowest BCUT2D eigenvalue weighted by molar-refractivity contribution is -0.140. The van der Waals surface area contributed by atoms with Crippen LogP contribution in [0.5, 0.6) is 0 Å². The van der Waals surface area contributed by atoms with Gasteiger partial charge in [0, 0.05) is 29.3 Å². The molecule has 0 saturated heterocycles. The first kappa shape index (κ1) is 27.8. The molecule has 0 aliphatic heterocycles. The van der Waals surface area contributed by atoms with Gasteiger partial charge in [-0.25, -0.2) is 0 Å². The predicted molar refractivity (Wildman–Crippen MR) is 151 cm³/mol. The van der Waals surface area contributed by atoms with Crippen LogP contribution in [0.15, 0.2) is 78.9 Å². The van der Waals surface area contributed by atoms with Crippen LogP contribution < -0.4 is 5.32 Å². The number of amides is 2. The third kappa shape index (κ3) is 9.03. The largest absolute Gasteiger partial charge is 0.350 e. The van der Waals surface area contributed by atoms with E-state index in [0.29, 0.717) is 18.0 Å². The second-order valence-corrected chi connectivity index (χ2v) is 11.5. The van der Waals surface area contributed by atoms with E-state index in [0.717, 1.165) is 16.9 Å². The van der Waals surface area contributed by atoms with Crippen molar-refractivity contribution in [3.8, 4) is 0 Å². The highest BCUT2D eigenvalue weighted by atomic mass is 35.5. The summed E-state index contributed by atoms with van der Waals surface area (Å²) in [5, 5.41) is 3.73. The van der Waals surface area contributed by atoms with E-state index in [1.807, 2.05) is 81.4 Å². The SMILES string of the molecule is Cc1cccc(CSCC(=O)N(Cc2ccc(Cl)cc2)C(Cc2ccccc2)C(=O)NC(C)(C)C)c1. The number of thioether (sulfide) groups is 1. The molecule has 36 heavy (non-hydrogen) atoms. The average Bonchev–Trinajstić information content (AvgIpc) is 2.82. The molecule has 0 aliphatic rings. The zero-order valence-electron chi connectivity index (χ0n) is 21.5. The number of halogens is 1. The van der Waals surface area contributed by atoms with Gasteiger partial charge in [-0.1, -0.05) is 83.9 Å². The molecular formula is C30H35ClN2O2S. The van der Waals surface area contributed by atoms with Crippen molar-refractivity contribution in [2.24, 2.45) is 0 Å². The van der Waals surface area contributed by atoms with Gasteiger partial charge in [0.1, 0.15) is 6.04 Å². The molecule has 2 amide bonds. The fraction of sp³-hybridized carbons (Fsp3) is 0.333. The smallest absolute Gasteiger partial charge is 0.243 e. The number of hydrogen-bond acceptors (Lipinski definition) is 3. The summed E-state index contributed by atoms with van der Waals surface area (Å²) >= 11 is 7.66. The summed E-state index contributed by atoms with van der Waals surface area (Å²) in [6, 6.07) is 25.0. The van der Waals surface area contributed by atoms with Crippen molar-refractivity contribution in [1.29, 1.82) is 0 Å². The van der Waals surface area contributed by atoms with Crippen molar-refractivity contribution in [1.82, 2.24) is 10.2 Å². The highest BCUT2D eigenvalue weighted by Gasteiger charge is 2.32. The highest BCUT2D eigenvalue weighted by molar-refractivity contribution is 7.99. The first-order valence-electron chi connectivity index (χ1n) is 12.1. The van der Waals surface area contributed by atoms with Gasteiger partial charge in [-0.2, -0.15) is 0 Å². The van der Waals surface area contributed by atoms with Crippen molar-refractivity contribution >= 4 is 35.2 Å². The molecule has 0 fully saturated rings. The van der Waals surface area contributed by atoms with Gasteiger partial charge in [0.25, 0.3) is 0 Å². The molecule has 0 spiro atoms. The maximum absolute atomic E-state index is 13.7. The predicted octanol–water partition coefficient (Wildman–Crippen LogP) is 6.44. The van der Waals surface area contributed by atoms with E-state index in [1.165, 1.54) is 11.1 Å². The Morgan fingerprint density at radius 2 is 1.58 bits per heavy atom. The number of carbonyl (C=O) groups excluding carboxylic acids is 2. The van der Waals surface area contributed by atoms with E-state index < -0.39 is 11.6 Å². The third-order valence-electron chi connectivity index (χ3n) is 5.61. The second kappa shape index (κ2) is 13.0. The molecule has 1 N–H and O–H groups in total. The summed E-state index contributed by atoms with van der Waals surface area (Å²) in [6.45, 7) is 8.25. The van der Waals surface area contributed by atoms with Crippen LogP contribution in [0.2, 0.25) is 5.02 Å². The average molecular weight is 523 g/mol. The molecule has 1 unspecified atom stereocenters. The standard InChI is InChI=1S/C30H35ClN2O2S/c1-22-9-8-12-25(17-22)20-36-21-28(34)33(19-24-13-15-26(31)16-14-24)27(29(35)32-30(2,3)4)18-23-10-6-5-7-11-23/h5-17,27H,18-21H2,1-4H3,(H,32,35). The van der Waals surface area contributed by atoms with Crippen molar-refractivity contribution in [2.45, 2.75) is 58.0 Å². The molecule has 4 nitrogen and oxygen atoms in total. The monoisotopic (exact) mass is 522 g/mol. The molecule has 0 radical (unpaired) electrons. The molecule has 0 aromatic heterocycles. The summed E-state index contributed by atoms with van der Waals surface area (Å²) in [5.74, 6) is 0.806. The Balaban J connectivity index is 1.86. The summed E-state index contributed by atoms with van der Waals surface area (Å²) in [5.41, 5.74) is 3.90. The van der Waals surface area contributed by atoms with E-state index in [9.17, 15) is 9.59 Å². The highest BCUT2D eigenvalue weighted by Crippen LogP contribution is 2.20. The molecule has 0 saturated carbocycles. The lowest BCUT2D eigenvalue weighted by Crippen LogP contribution is -2.54. The Kier molecular flexibility index (Phi) is 10.0. The number of rotatable bonds is 10. The zero-order valence-corrected chi connectivity index (χ0v) is 23.0. The molecule has 0 aliphatic carbocycles. The first-order chi connectivity index (χ1) is 17.1. The number of benzene rings is 3. The normalized spacial score (nSPS) is 12.1. The van der Waals surface area contributed by atoms with Crippen molar-refractivity contribution < 1.29 is 9.59 Å². The Labute approximate surface area is 224 Å².